The third-order valence-corrected chi connectivity index (χ3v) is 5.31. The van der Waals surface area contributed by atoms with Gasteiger partial charge in [-0.15, -0.1) is 0 Å². The van der Waals surface area contributed by atoms with Crippen molar-refractivity contribution in [3.8, 4) is 11.1 Å². The summed E-state index contributed by atoms with van der Waals surface area (Å²) in [4.78, 5) is 2.65. The van der Waals surface area contributed by atoms with Gasteiger partial charge in [-0.2, -0.15) is 0 Å². The maximum absolute atomic E-state index is 6.07. The molecule has 4 rings (SSSR count). The molecule has 0 bridgehead atoms. The average molecular weight is 321 g/mol. The van der Waals surface area contributed by atoms with Gasteiger partial charge in [0.05, 0.1) is 12.1 Å². The molecule has 0 radical (unpaired) electrons. The molecule has 2 aromatic rings. The monoisotopic (exact) mass is 321 g/mol. The Morgan fingerprint density at radius 2 is 1.46 bits per heavy atom. The minimum atomic E-state index is 0.420. The number of rotatable bonds is 4. The van der Waals surface area contributed by atoms with Crippen LogP contribution in [0.4, 0.5) is 0 Å². The zero-order valence-electron chi connectivity index (χ0n) is 14.7. The fourth-order valence-electron chi connectivity index (χ4n) is 4.15. The van der Waals surface area contributed by atoms with Crippen molar-refractivity contribution in [1.29, 1.82) is 0 Å². The standard InChI is InChI=1S/C22H27NO/c1-16(2)15-24-17-11-13-23(14-12-17)22-20-9-5-3-7-18(20)19-8-4-6-10-21(19)22/h3-10,16-17,22H,11-15H2,1-2H3. The quantitative estimate of drug-likeness (QED) is 0.794. The largest absolute Gasteiger partial charge is 0.378 e. The first-order chi connectivity index (χ1) is 11.7. The summed E-state index contributed by atoms with van der Waals surface area (Å²) in [6, 6.07) is 18.2. The van der Waals surface area contributed by atoms with E-state index in [0.717, 1.165) is 32.5 Å². The maximum Gasteiger partial charge on any atom is 0.0614 e. The summed E-state index contributed by atoms with van der Waals surface area (Å²) < 4.78 is 6.07. The van der Waals surface area contributed by atoms with E-state index >= 15 is 0 Å². The van der Waals surface area contributed by atoms with E-state index in [4.69, 9.17) is 4.74 Å². The Morgan fingerprint density at radius 3 is 2.00 bits per heavy atom. The lowest BCUT2D eigenvalue weighted by Gasteiger charge is -2.37. The van der Waals surface area contributed by atoms with Crippen LogP contribution in [0.3, 0.4) is 0 Å². The molecule has 1 saturated heterocycles. The van der Waals surface area contributed by atoms with E-state index in [1.54, 1.807) is 0 Å². The summed E-state index contributed by atoms with van der Waals surface area (Å²) in [5.41, 5.74) is 5.77. The number of hydrogen-bond acceptors (Lipinski definition) is 2. The molecule has 0 aromatic heterocycles. The molecule has 2 nitrogen and oxygen atoms in total. The number of benzene rings is 2. The predicted molar refractivity (Wildman–Crippen MR) is 99.1 cm³/mol. The first kappa shape index (κ1) is 15.9. The normalized spacial score (nSPS) is 18.8. The molecule has 0 N–H and O–H groups in total. The van der Waals surface area contributed by atoms with Crippen LogP contribution in [0.25, 0.3) is 11.1 Å². The number of ether oxygens (including phenoxy) is 1. The van der Waals surface area contributed by atoms with Crippen molar-refractivity contribution >= 4 is 0 Å². The molecule has 126 valence electrons. The van der Waals surface area contributed by atoms with Gasteiger partial charge in [0.1, 0.15) is 0 Å². The van der Waals surface area contributed by atoms with Crippen molar-refractivity contribution in [3.05, 3.63) is 59.7 Å². The summed E-state index contributed by atoms with van der Waals surface area (Å²) in [7, 11) is 0. The zero-order valence-corrected chi connectivity index (χ0v) is 14.7. The molecular formula is C22H27NO. The topological polar surface area (TPSA) is 12.5 Å². The van der Waals surface area contributed by atoms with Gasteiger partial charge in [0.2, 0.25) is 0 Å². The van der Waals surface area contributed by atoms with Crippen LogP contribution in [0, 0.1) is 5.92 Å². The third-order valence-electron chi connectivity index (χ3n) is 5.31. The van der Waals surface area contributed by atoms with Crippen LogP contribution in [-0.2, 0) is 4.74 Å². The zero-order chi connectivity index (χ0) is 16.5. The Bertz CT molecular complexity index is 655. The van der Waals surface area contributed by atoms with E-state index in [0.29, 0.717) is 18.1 Å². The minimum Gasteiger partial charge on any atom is -0.378 e. The minimum absolute atomic E-state index is 0.420. The Labute approximate surface area is 145 Å². The van der Waals surface area contributed by atoms with Crippen molar-refractivity contribution in [1.82, 2.24) is 4.90 Å². The predicted octanol–water partition coefficient (Wildman–Crippen LogP) is 4.89. The third kappa shape index (κ3) is 2.89. The number of likely N-dealkylation sites (tertiary alicyclic amines) is 1. The van der Waals surface area contributed by atoms with Gasteiger partial charge in [-0.3, -0.25) is 4.90 Å². The van der Waals surface area contributed by atoms with Gasteiger partial charge < -0.3 is 4.74 Å². The first-order valence-corrected chi connectivity index (χ1v) is 9.28. The molecule has 2 aliphatic rings. The fraction of sp³-hybridized carbons (Fsp3) is 0.455. The van der Waals surface area contributed by atoms with E-state index in [2.05, 4.69) is 67.3 Å². The molecule has 1 heterocycles. The summed E-state index contributed by atoms with van der Waals surface area (Å²) >= 11 is 0. The second kappa shape index (κ2) is 6.70. The summed E-state index contributed by atoms with van der Waals surface area (Å²) in [5, 5.41) is 0. The number of piperidine rings is 1. The fourth-order valence-corrected chi connectivity index (χ4v) is 4.15. The lowest BCUT2D eigenvalue weighted by molar-refractivity contribution is -0.00944. The Hall–Kier alpha value is -1.64. The van der Waals surface area contributed by atoms with Crippen LogP contribution in [0.2, 0.25) is 0 Å². The van der Waals surface area contributed by atoms with Crippen molar-refractivity contribution in [2.45, 2.75) is 38.8 Å². The summed E-state index contributed by atoms with van der Waals surface area (Å²) in [6.45, 7) is 7.58. The Balaban J connectivity index is 1.53. The molecule has 0 atom stereocenters. The number of hydrogen-bond donors (Lipinski definition) is 0. The lowest BCUT2D eigenvalue weighted by Crippen LogP contribution is -2.39. The molecule has 0 spiro atoms. The van der Waals surface area contributed by atoms with Gasteiger partial charge in [-0.05, 0) is 41.0 Å². The molecule has 0 saturated carbocycles. The van der Waals surface area contributed by atoms with Crippen LogP contribution in [-0.4, -0.2) is 30.7 Å². The van der Waals surface area contributed by atoms with Gasteiger partial charge in [-0.25, -0.2) is 0 Å². The van der Waals surface area contributed by atoms with Crippen molar-refractivity contribution < 1.29 is 4.74 Å². The highest BCUT2D eigenvalue weighted by atomic mass is 16.5. The van der Waals surface area contributed by atoms with E-state index in [1.165, 1.54) is 22.3 Å². The van der Waals surface area contributed by atoms with E-state index in [9.17, 15) is 0 Å². The van der Waals surface area contributed by atoms with E-state index < -0.39 is 0 Å². The second-order valence-corrected chi connectivity index (χ2v) is 7.54. The highest BCUT2D eigenvalue weighted by Gasteiger charge is 2.34. The van der Waals surface area contributed by atoms with Crippen LogP contribution in [0.5, 0.6) is 0 Å². The molecule has 2 aromatic carbocycles. The highest BCUT2D eigenvalue weighted by Crippen LogP contribution is 2.46. The lowest BCUT2D eigenvalue weighted by atomic mass is 9.99. The van der Waals surface area contributed by atoms with Crippen LogP contribution in [0.1, 0.15) is 43.9 Å². The van der Waals surface area contributed by atoms with Gasteiger partial charge in [0, 0.05) is 19.7 Å². The molecule has 1 aliphatic carbocycles. The van der Waals surface area contributed by atoms with Crippen LogP contribution >= 0.6 is 0 Å². The molecule has 2 heteroatoms. The van der Waals surface area contributed by atoms with Gasteiger partial charge in [0.15, 0.2) is 0 Å². The van der Waals surface area contributed by atoms with Crippen molar-refractivity contribution in [2.24, 2.45) is 5.92 Å². The van der Waals surface area contributed by atoms with E-state index in [1.807, 2.05) is 0 Å². The second-order valence-electron chi connectivity index (χ2n) is 7.54. The SMILES string of the molecule is CC(C)COC1CCN(C2c3ccccc3-c3ccccc32)CC1. The van der Waals surface area contributed by atoms with Gasteiger partial charge in [-0.1, -0.05) is 62.4 Å². The molecule has 1 aliphatic heterocycles. The number of nitrogens with zero attached hydrogens (tertiary/aromatic N) is 1. The molecule has 0 amide bonds. The highest BCUT2D eigenvalue weighted by molar-refractivity contribution is 5.78. The molecule has 1 fully saturated rings. The van der Waals surface area contributed by atoms with Crippen LogP contribution < -0.4 is 0 Å². The van der Waals surface area contributed by atoms with Crippen LogP contribution in [0.15, 0.2) is 48.5 Å². The summed E-state index contributed by atoms with van der Waals surface area (Å²) in [5.74, 6) is 0.622. The molecule has 0 unspecified atom stereocenters. The van der Waals surface area contributed by atoms with Crippen molar-refractivity contribution in [2.75, 3.05) is 19.7 Å². The van der Waals surface area contributed by atoms with Gasteiger partial charge >= 0.3 is 0 Å². The number of fused-ring (bicyclic) bond motifs is 3. The summed E-state index contributed by atoms with van der Waals surface area (Å²) in [6.07, 6.45) is 2.73. The van der Waals surface area contributed by atoms with Crippen molar-refractivity contribution in [3.63, 3.8) is 0 Å². The first-order valence-electron chi connectivity index (χ1n) is 9.28. The van der Waals surface area contributed by atoms with E-state index in [-0.39, 0.29) is 0 Å². The Kier molecular flexibility index (Phi) is 4.43. The Morgan fingerprint density at radius 1 is 0.917 bits per heavy atom. The average Bonchev–Trinajstić information content (AvgIpc) is 2.95. The smallest absolute Gasteiger partial charge is 0.0614 e. The maximum atomic E-state index is 6.07. The molecular weight excluding hydrogens is 294 g/mol. The van der Waals surface area contributed by atoms with Gasteiger partial charge in [0.25, 0.3) is 0 Å². The molecule has 24 heavy (non-hydrogen) atoms.